The maximum atomic E-state index is 11.1. The van der Waals surface area contributed by atoms with E-state index in [1.54, 1.807) is 0 Å². The van der Waals surface area contributed by atoms with Crippen LogP contribution in [0.3, 0.4) is 0 Å². The van der Waals surface area contributed by atoms with Gasteiger partial charge in [-0.05, 0) is 19.3 Å². The van der Waals surface area contributed by atoms with Crippen LogP contribution in [0.4, 0.5) is 0 Å². The van der Waals surface area contributed by atoms with Gasteiger partial charge in [-0.25, -0.2) is 4.79 Å². The Bertz CT molecular complexity index is 216. The fraction of sp³-hybridized carbons (Fsp3) is 0.750. The summed E-state index contributed by atoms with van der Waals surface area (Å²) < 4.78 is 0. The number of rotatable bonds is 2. The van der Waals surface area contributed by atoms with E-state index < -0.39 is 24.5 Å². The van der Waals surface area contributed by atoms with Crippen LogP contribution in [0, 0.1) is 0 Å². The highest BCUT2D eigenvalue weighted by Crippen LogP contribution is 2.16. The predicted molar refractivity (Wildman–Crippen MR) is 44.1 cm³/mol. The molecule has 0 aliphatic carbocycles. The van der Waals surface area contributed by atoms with Gasteiger partial charge in [-0.15, -0.1) is 0 Å². The highest BCUT2D eigenvalue weighted by Gasteiger charge is 2.31. The molecule has 1 unspecified atom stereocenters. The van der Waals surface area contributed by atoms with E-state index in [2.05, 4.69) is 0 Å². The number of aliphatic carboxylic acids is 1. The zero-order valence-electron chi connectivity index (χ0n) is 7.27. The minimum absolute atomic E-state index is 0.441. The first-order chi connectivity index (χ1) is 6.16. The van der Waals surface area contributed by atoms with E-state index in [1.165, 1.54) is 4.90 Å². The molecule has 1 saturated heterocycles. The predicted octanol–water partition coefficient (Wildman–Crippen LogP) is -0.556. The van der Waals surface area contributed by atoms with Gasteiger partial charge in [-0.3, -0.25) is 4.79 Å². The van der Waals surface area contributed by atoms with E-state index in [1.807, 2.05) is 0 Å². The molecule has 5 heteroatoms. The summed E-state index contributed by atoms with van der Waals surface area (Å²) in [4.78, 5) is 23.0. The third-order valence-corrected chi connectivity index (χ3v) is 2.24. The number of amides is 1. The number of nitrogens with zero attached hydrogens (tertiary/aromatic N) is 1. The molecule has 0 bridgehead atoms. The summed E-state index contributed by atoms with van der Waals surface area (Å²) in [7, 11) is 0. The number of aliphatic hydroxyl groups excluding tert-OH is 1. The van der Waals surface area contributed by atoms with Crippen molar-refractivity contribution in [3.8, 4) is 0 Å². The average Bonchev–Trinajstić information content (AvgIpc) is 2.16. The molecule has 1 fully saturated rings. The largest absolute Gasteiger partial charge is 0.480 e. The quantitative estimate of drug-likeness (QED) is 0.607. The third-order valence-electron chi connectivity index (χ3n) is 2.24. The Balaban J connectivity index is 2.67. The lowest BCUT2D eigenvalue weighted by molar-refractivity contribution is -0.153. The first kappa shape index (κ1) is 9.98. The Kier molecular flexibility index (Phi) is 3.25. The molecule has 1 heterocycles. The maximum absolute atomic E-state index is 11.1. The molecular formula is C8H13NO4. The number of hydrogen-bond donors (Lipinski definition) is 2. The molecule has 1 aliphatic rings. The lowest BCUT2D eigenvalue weighted by Crippen LogP contribution is -2.48. The molecule has 1 rings (SSSR count). The van der Waals surface area contributed by atoms with Crippen molar-refractivity contribution < 1.29 is 19.8 Å². The molecule has 1 atom stereocenters. The van der Waals surface area contributed by atoms with Gasteiger partial charge in [0.1, 0.15) is 12.6 Å². The molecule has 0 saturated carbocycles. The zero-order chi connectivity index (χ0) is 9.84. The summed E-state index contributed by atoms with van der Waals surface area (Å²) in [5.41, 5.74) is 0. The summed E-state index contributed by atoms with van der Waals surface area (Å²) in [6.45, 7) is -0.167. The lowest BCUT2D eigenvalue weighted by atomic mass is 10.0. The van der Waals surface area contributed by atoms with Crippen molar-refractivity contribution in [1.82, 2.24) is 4.90 Å². The molecule has 0 aromatic rings. The first-order valence-electron chi connectivity index (χ1n) is 4.30. The minimum atomic E-state index is -0.985. The van der Waals surface area contributed by atoms with Gasteiger partial charge < -0.3 is 15.1 Å². The highest BCUT2D eigenvalue weighted by atomic mass is 16.4. The second-order valence-electron chi connectivity index (χ2n) is 3.10. The molecule has 0 aromatic carbocycles. The van der Waals surface area contributed by atoms with Gasteiger partial charge >= 0.3 is 5.97 Å². The van der Waals surface area contributed by atoms with Crippen molar-refractivity contribution in [2.75, 3.05) is 13.2 Å². The van der Waals surface area contributed by atoms with Crippen LogP contribution in [0.2, 0.25) is 0 Å². The SMILES string of the molecule is O=C(O)C1CCCCN1C(=O)CO. The molecule has 1 amide bonds. The third kappa shape index (κ3) is 2.18. The lowest BCUT2D eigenvalue weighted by Gasteiger charge is -2.32. The van der Waals surface area contributed by atoms with E-state index in [0.29, 0.717) is 13.0 Å². The summed E-state index contributed by atoms with van der Waals surface area (Å²) in [6, 6.07) is -0.742. The van der Waals surface area contributed by atoms with E-state index in [0.717, 1.165) is 12.8 Å². The fourth-order valence-electron chi connectivity index (χ4n) is 1.58. The van der Waals surface area contributed by atoms with Gasteiger partial charge in [0.05, 0.1) is 0 Å². The van der Waals surface area contributed by atoms with Crippen LogP contribution < -0.4 is 0 Å². The van der Waals surface area contributed by atoms with Crippen molar-refractivity contribution >= 4 is 11.9 Å². The first-order valence-corrected chi connectivity index (χ1v) is 4.30. The van der Waals surface area contributed by atoms with Gasteiger partial charge in [-0.2, -0.15) is 0 Å². The Labute approximate surface area is 76.0 Å². The van der Waals surface area contributed by atoms with E-state index in [9.17, 15) is 9.59 Å². The Morgan fingerprint density at radius 1 is 1.38 bits per heavy atom. The number of carbonyl (C=O) groups excluding carboxylic acids is 1. The number of carboxylic acids is 1. The van der Waals surface area contributed by atoms with Crippen molar-refractivity contribution in [2.45, 2.75) is 25.3 Å². The number of likely N-dealkylation sites (tertiary alicyclic amines) is 1. The van der Waals surface area contributed by atoms with Gasteiger partial charge in [0.15, 0.2) is 0 Å². The van der Waals surface area contributed by atoms with Crippen LogP contribution in [0.15, 0.2) is 0 Å². The Hall–Kier alpha value is -1.10. The highest BCUT2D eigenvalue weighted by molar-refractivity contribution is 5.84. The Morgan fingerprint density at radius 2 is 2.08 bits per heavy atom. The minimum Gasteiger partial charge on any atom is -0.480 e. The molecular weight excluding hydrogens is 174 g/mol. The molecule has 1 aliphatic heterocycles. The Morgan fingerprint density at radius 3 is 2.62 bits per heavy atom. The molecule has 0 aromatic heterocycles. The fourth-order valence-corrected chi connectivity index (χ4v) is 1.58. The summed E-state index contributed by atoms with van der Waals surface area (Å²) in [5.74, 6) is -1.48. The second-order valence-corrected chi connectivity index (χ2v) is 3.10. The van der Waals surface area contributed by atoms with Crippen LogP contribution in [0.25, 0.3) is 0 Å². The average molecular weight is 187 g/mol. The van der Waals surface area contributed by atoms with Crippen LogP contribution in [-0.2, 0) is 9.59 Å². The topological polar surface area (TPSA) is 77.8 Å². The summed E-state index contributed by atoms with van der Waals surface area (Å²) in [6.07, 6.45) is 2.13. The number of aliphatic hydroxyl groups is 1. The van der Waals surface area contributed by atoms with Crippen molar-refractivity contribution in [1.29, 1.82) is 0 Å². The van der Waals surface area contributed by atoms with Crippen molar-refractivity contribution in [2.24, 2.45) is 0 Å². The maximum Gasteiger partial charge on any atom is 0.326 e. The van der Waals surface area contributed by atoms with Crippen molar-refractivity contribution in [3.05, 3.63) is 0 Å². The van der Waals surface area contributed by atoms with E-state index >= 15 is 0 Å². The second kappa shape index (κ2) is 4.23. The number of carboxylic acid groups (broad SMARTS) is 1. The molecule has 0 radical (unpaired) electrons. The van der Waals surface area contributed by atoms with Gasteiger partial charge in [0.25, 0.3) is 0 Å². The summed E-state index contributed by atoms with van der Waals surface area (Å²) >= 11 is 0. The van der Waals surface area contributed by atoms with Gasteiger partial charge in [-0.1, -0.05) is 0 Å². The molecule has 13 heavy (non-hydrogen) atoms. The van der Waals surface area contributed by atoms with E-state index in [-0.39, 0.29) is 0 Å². The van der Waals surface area contributed by atoms with Gasteiger partial charge in [0.2, 0.25) is 5.91 Å². The summed E-state index contributed by atoms with van der Waals surface area (Å²) in [5, 5.41) is 17.4. The van der Waals surface area contributed by atoms with Crippen LogP contribution in [-0.4, -0.2) is 46.2 Å². The van der Waals surface area contributed by atoms with E-state index in [4.69, 9.17) is 10.2 Å². The smallest absolute Gasteiger partial charge is 0.326 e. The number of carbonyl (C=O) groups is 2. The van der Waals surface area contributed by atoms with Crippen LogP contribution in [0.5, 0.6) is 0 Å². The van der Waals surface area contributed by atoms with Crippen LogP contribution in [0.1, 0.15) is 19.3 Å². The standard InChI is InChI=1S/C8H13NO4/c10-5-7(11)9-4-2-1-3-6(9)8(12)13/h6,10H,1-5H2,(H,12,13). The molecule has 5 nitrogen and oxygen atoms in total. The molecule has 2 N–H and O–H groups in total. The van der Waals surface area contributed by atoms with Crippen LogP contribution >= 0.6 is 0 Å². The van der Waals surface area contributed by atoms with Crippen molar-refractivity contribution in [3.63, 3.8) is 0 Å². The number of hydrogen-bond acceptors (Lipinski definition) is 3. The number of piperidine rings is 1. The van der Waals surface area contributed by atoms with Gasteiger partial charge in [0, 0.05) is 6.54 Å². The zero-order valence-corrected chi connectivity index (χ0v) is 7.27. The monoisotopic (exact) mass is 187 g/mol. The normalized spacial score (nSPS) is 22.8. The molecule has 74 valence electrons. The molecule has 0 spiro atoms.